The summed E-state index contributed by atoms with van der Waals surface area (Å²) in [4.78, 5) is 24.3. The molecule has 8 heteroatoms. The third-order valence-corrected chi connectivity index (χ3v) is 5.66. The average Bonchev–Trinajstić information content (AvgIpc) is 3.16. The first-order chi connectivity index (χ1) is 13.0. The van der Waals surface area contributed by atoms with E-state index in [9.17, 15) is 14.9 Å². The van der Waals surface area contributed by atoms with E-state index in [1.165, 1.54) is 6.26 Å². The quantitative estimate of drug-likeness (QED) is 0.723. The van der Waals surface area contributed by atoms with Gasteiger partial charge in [-0.3, -0.25) is 9.59 Å². The van der Waals surface area contributed by atoms with Gasteiger partial charge in [0.05, 0.1) is 40.3 Å². The smallest absolute Gasteiger partial charge is 0.234 e. The lowest BCUT2D eigenvalue weighted by atomic mass is 9.92. The van der Waals surface area contributed by atoms with Crippen molar-refractivity contribution >= 4 is 45.2 Å². The van der Waals surface area contributed by atoms with Crippen LogP contribution in [-0.2, 0) is 9.59 Å². The van der Waals surface area contributed by atoms with E-state index >= 15 is 0 Å². The van der Waals surface area contributed by atoms with E-state index < -0.39 is 5.92 Å². The Bertz CT molecular complexity index is 948. The maximum Gasteiger partial charge on any atom is 0.234 e. The summed E-state index contributed by atoms with van der Waals surface area (Å²) in [6.07, 6.45) is 1.65. The Labute approximate surface area is 169 Å². The highest BCUT2D eigenvalue weighted by atomic mass is 79.9. The predicted molar refractivity (Wildman–Crippen MR) is 107 cm³/mol. The van der Waals surface area contributed by atoms with Crippen molar-refractivity contribution in [3.05, 3.63) is 63.0 Å². The van der Waals surface area contributed by atoms with E-state index in [0.717, 1.165) is 21.8 Å². The predicted octanol–water partition coefficient (Wildman–Crippen LogP) is 4.06. The molecule has 27 heavy (non-hydrogen) atoms. The maximum atomic E-state index is 12.3. The molecule has 2 aromatic rings. The van der Waals surface area contributed by atoms with Crippen LogP contribution in [0.2, 0.25) is 0 Å². The zero-order valence-electron chi connectivity index (χ0n) is 14.4. The molecule has 0 bridgehead atoms. The van der Waals surface area contributed by atoms with Crippen LogP contribution in [0, 0.1) is 18.3 Å². The minimum atomic E-state index is -0.435. The molecular weight excluding hydrogens is 430 g/mol. The largest absolute Gasteiger partial charge is 0.469 e. The van der Waals surface area contributed by atoms with Gasteiger partial charge in [0.15, 0.2) is 0 Å². The highest BCUT2D eigenvalue weighted by Crippen LogP contribution is 2.36. The molecule has 2 amide bonds. The lowest BCUT2D eigenvalue weighted by molar-refractivity contribution is -0.121. The minimum Gasteiger partial charge on any atom is -0.469 e. The van der Waals surface area contributed by atoms with Gasteiger partial charge in [0.1, 0.15) is 5.76 Å². The van der Waals surface area contributed by atoms with Crippen molar-refractivity contribution in [1.82, 2.24) is 5.32 Å². The number of carbonyl (C=O) groups excluding carboxylic acids is 2. The first kappa shape index (κ1) is 19.3. The van der Waals surface area contributed by atoms with Crippen LogP contribution in [0.4, 0.5) is 5.69 Å². The second-order valence-electron chi connectivity index (χ2n) is 6.00. The van der Waals surface area contributed by atoms with Gasteiger partial charge in [-0.1, -0.05) is 17.8 Å². The molecule has 138 valence electrons. The van der Waals surface area contributed by atoms with Crippen LogP contribution in [0.15, 0.2) is 56.1 Å². The maximum absolute atomic E-state index is 12.3. The van der Waals surface area contributed by atoms with Crippen molar-refractivity contribution in [2.45, 2.75) is 19.3 Å². The molecule has 6 nitrogen and oxygen atoms in total. The Hall–Kier alpha value is -2.50. The van der Waals surface area contributed by atoms with Gasteiger partial charge in [-0.25, -0.2) is 0 Å². The fraction of sp³-hybridized carbons (Fsp3) is 0.211. The van der Waals surface area contributed by atoms with Crippen molar-refractivity contribution < 1.29 is 14.0 Å². The summed E-state index contributed by atoms with van der Waals surface area (Å²) in [5.41, 5.74) is 2.15. The zero-order chi connectivity index (χ0) is 19.4. The van der Waals surface area contributed by atoms with Gasteiger partial charge in [0.2, 0.25) is 11.8 Å². The highest BCUT2D eigenvalue weighted by molar-refractivity contribution is 9.10. The number of furan rings is 1. The van der Waals surface area contributed by atoms with Gasteiger partial charge in [-0.05, 0) is 52.7 Å². The van der Waals surface area contributed by atoms with Crippen LogP contribution in [0.5, 0.6) is 0 Å². The normalized spacial score (nSPS) is 16.6. The number of hydrogen-bond acceptors (Lipinski definition) is 5. The molecule has 0 saturated carbocycles. The molecule has 2 heterocycles. The summed E-state index contributed by atoms with van der Waals surface area (Å²) < 4.78 is 6.16. The van der Waals surface area contributed by atoms with Crippen molar-refractivity contribution in [2.24, 2.45) is 0 Å². The number of nitriles is 1. The number of rotatable bonds is 5. The van der Waals surface area contributed by atoms with Crippen molar-refractivity contribution in [2.75, 3.05) is 11.1 Å². The molecule has 1 aliphatic rings. The van der Waals surface area contributed by atoms with E-state index in [1.54, 1.807) is 12.1 Å². The van der Waals surface area contributed by atoms with Crippen LogP contribution in [0.1, 0.15) is 23.7 Å². The Balaban J connectivity index is 1.72. The summed E-state index contributed by atoms with van der Waals surface area (Å²) in [5.74, 6) is -0.252. The Kier molecular flexibility index (Phi) is 6.04. The standard InChI is InChI=1S/C19H16BrN3O3S/c1-11-4-5-15(14(20)7-11)22-18(25)10-27-19-13(9-21)12(8-17(24)23-19)16-3-2-6-26-16/h2-7,12H,8,10H2,1H3,(H,22,25)(H,23,24)/t12-/m1/s1. The van der Waals surface area contributed by atoms with Crippen LogP contribution < -0.4 is 10.6 Å². The Morgan fingerprint density at radius 2 is 2.30 bits per heavy atom. The minimum absolute atomic E-state index is 0.0615. The number of nitrogens with zero attached hydrogens (tertiary/aromatic N) is 1. The molecule has 0 spiro atoms. The van der Waals surface area contributed by atoms with Crippen LogP contribution in [-0.4, -0.2) is 17.6 Å². The molecule has 1 aromatic carbocycles. The summed E-state index contributed by atoms with van der Waals surface area (Å²) in [7, 11) is 0. The van der Waals surface area contributed by atoms with E-state index in [-0.39, 0.29) is 24.0 Å². The van der Waals surface area contributed by atoms with Crippen molar-refractivity contribution in [3.63, 3.8) is 0 Å². The molecular formula is C19H16BrN3O3S. The molecule has 1 atom stereocenters. The molecule has 0 saturated heterocycles. The SMILES string of the molecule is Cc1ccc(NC(=O)CSC2=C(C#N)[C@H](c3ccco3)CC(=O)N2)c(Br)c1. The van der Waals surface area contributed by atoms with Gasteiger partial charge in [0.25, 0.3) is 0 Å². The lowest BCUT2D eigenvalue weighted by Gasteiger charge is -2.23. The van der Waals surface area contributed by atoms with Gasteiger partial charge in [-0.15, -0.1) is 0 Å². The third kappa shape index (κ3) is 4.62. The van der Waals surface area contributed by atoms with Crippen molar-refractivity contribution in [1.29, 1.82) is 5.26 Å². The van der Waals surface area contributed by atoms with Crippen LogP contribution >= 0.6 is 27.7 Å². The third-order valence-electron chi connectivity index (χ3n) is 3.99. The molecule has 3 rings (SSSR count). The van der Waals surface area contributed by atoms with Crippen LogP contribution in [0.25, 0.3) is 0 Å². The number of benzene rings is 1. The van der Waals surface area contributed by atoms with Gasteiger partial charge >= 0.3 is 0 Å². The molecule has 0 aliphatic carbocycles. The number of nitrogens with one attached hydrogen (secondary N) is 2. The Morgan fingerprint density at radius 1 is 1.48 bits per heavy atom. The number of aryl methyl sites for hydroxylation is 1. The average molecular weight is 446 g/mol. The van der Waals surface area contributed by atoms with Crippen LogP contribution in [0.3, 0.4) is 0 Å². The van der Waals surface area contributed by atoms with Gasteiger partial charge in [0, 0.05) is 10.9 Å². The fourth-order valence-corrected chi connectivity index (χ4v) is 4.18. The molecule has 2 N–H and O–H groups in total. The number of thioether (sulfide) groups is 1. The van der Waals surface area contributed by atoms with Gasteiger partial charge < -0.3 is 15.1 Å². The molecule has 0 fully saturated rings. The van der Waals surface area contributed by atoms with E-state index in [1.807, 2.05) is 25.1 Å². The number of anilines is 1. The second kappa shape index (κ2) is 8.46. The second-order valence-corrected chi connectivity index (χ2v) is 7.83. The number of halogens is 1. The van der Waals surface area contributed by atoms with E-state index in [0.29, 0.717) is 22.0 Å². The molecule has 0 unspecified atom stereocenters. The molecule has 1 aliphatic heterocycles. The lowest BCUT2D eigenvalue weighted by Crippen LogP contribution is -2.31. The van der Waals surface area contributed by atoms with Crippen molar-refractivity contribution in [3.8, 4) is 6.07 Å². The van der Waals surface area contributed by atoms with E-state index in [4.69, 9.17) is 4.42 Å². The van der Waals surface area contributed by atoms with E-state index in [2.05, 4.69) is 32.6 Å². The number of hydrogen-bond donors (Lipinski definition) is 2. The number of carbonyl (C=O) groups is 2. The monoisotopic (exact) mass is 445 g/mol. The first-order valence-electron chi connectivity index (χ1n) is 8.14. The van der Waals surface area contributed by atoms with Gasteiger partial charge in [-0.2, -0.15) is 5.26 Å². The Morgan fingerprint density at radius 3 is 2.96 bits per heavy atom. The highest BCUT2D eigenvalue weighted by Gasteiger charge is 2.31. The number of amides is 2. The summed E-state index contributed by atoms with van der Waals surface area (Å²) >= 11 is 4.55. The molecule has 0 radical (unpaired) electrons. The summed E-state index contributed by atoms with van der Waals surface area (Å²) in [5, 5.41) is 15.5. The first-order valence-corrected chi connectivity index (χ1v) is 9.92. The topological polar surface area (TPSA) is 95.1 Å². The summed E-state index contributed by atoms with van der Waals surface area (Å²) in [6, 6.07) is 11.2. The summed E-state index contributed by atoms with van der Waals surface area (Å²) in [6.45, 7) is 1.96. The number of allylic oxidation sites excluding steroid dienone is 1. The fourth-order valence-electron chi connectivity index (χ4n) is 2.71. The zero-order valence-corrected chi connectivity index (χ0v) is 16.8. The molecule has 1 aromatic heterocycles.